The van der Waals surface area contributed by atoms with Crippen molar-refractivity contribution < 1.29 is 0 Å². The van der Waals surface area contributed by atoms with Gasteiger partial charge in [0.15, 0.2) is 11.0 Å². The van der Waals surface area contributed by atoms with E-state index < -0.39 is 0 Å². The third-order valence-corrected chi connectivity index (χ3v) is 2.23. The fourth-order valence-electron chi connectivity index (χ4n) is 0.884. The summed E-state index contributed by atoms with van der Waals surface area (Å²) >= 11 is 8.00. The summed E-state index contributed by atoms with van der Waals surface area (Å²) in [6.07, 6.45) is 6.68. The van der Waals surface area contributed by atoms with Gasteiger partial charge in [0.05, 0.1) is 9.77 Å². The van der Waals surface area contributed by atoms with Crippen molar-refractivity contribution in [2.75, 3.05) is 0 Å². The lowest BCUT2D eigenvalue weighted by atomic mass is 10.6. The molecule has 0 unspecified atom stereocenters. The maximum atomic E-state index is 5.83. The summed E-state index contributed by atoms with van der Waals surface area (Å²) < 4.78 is 2.62. The lowest BCUT2D eigenvalue weighted by molar-refractivity contribution is 0.838. The van der Waals surface area contributed by atoms with Crippen LogP contribution >= 0.6 is 34.2 Å². The molecule has 0 saturated carbocycles. The van der Waals surface area contributed by atoms with E-state index >= 15 is 0 Å². The van der Waals surface area contributed by atoms with Crippen LogP contribution in [0.1, 0.15) is 0 Å². The van der Waals surface area contributed by atoms with Crippen LogP contribution in [0.4, 0.5) is 0 Å². The maximum Gasteiger partial charge on any atom is 0.191 e. The molecule has 0 saturated heterocycles. The van der Waals surface area contributed by atoms with Gasteiger partial charge in [-0.1, -0.05) is 11.6 Å². The summed E-state index contributed by atoms with van der Waals surface area (Å²) in [5.74, 6) is 0.548. The highest BCUT2D eigenvalue weighted by Crippen LogP contribution is 2.14. The van der Waals surface area contributed by atoms with E-state index in [1.165, 1.54) is 0 Å². The standard InChI is InChI=1S/C7H4ClIN4/c8-6-7(11-2-1-10-6)13-4-5(9)3-12-13/h1-4H. The van der Waals surface area contributed by atoms with Gasteiger partial charge in [-0.25, -0.2) is 14.6 Å². The molecule has 4 nitrogen and oxygen atoms in total. The second-order valence-electron chi connectivity index (χ2n) is 2.27. The van der Waals surface area contributed by atoms with Crippen molar-refractivity contribution in [3.63, 3.8) is 0 Å². The molecule has 0 radical (unpaired) electrons. The van der Waals surface area contributed by atoms with Crippen LogP contribution in [0.25, 0.3) is 5.82 Å². The highest BCUT2D eigenvalue weighted by atomic mass is 127. The molecule has 0 atom stereocenters. The molecule has 0 aliphatic rings. The zero-order valence-electron chi connectivity index (χ0n) is 6.35. The molecule has 0 bridgehead atoms. The van der Waals surface area contributed by atoms with Crippen LogP contribution in [-0.4, -0.2) is 19.7 Å². The van der Waals surface area contributed by atoms with E-state index in [9.17, 15) is 0 Å². The number of hydrogen-bond acceptors (Lipinski definition) is 3. The molecule has 0 aromatic carbocycles. The van der Waals surface area contributed by atoms with E-state index in [4.69, 9.17) is 11.6 Å². The molecule has 0 fully saturated rings. The second-order valence-corrected chi connectivity index (χ2v) is 3.88. The van der Waals surface area contributed by atoms with Crippen LogP contribution in [0.3, 0.4) is 0 Å². The topological polar surface area (TPSA) is 43.6 Å². The molecule has 2 rings (SSSR count). The van der Waals surface area contributed by atoms with Gasteiger partial charge < -0.3 is 0 Å². The Kier molecular flexibility index (Phi) is 2.45. The van der Waals surface area contributed by atoms with E-state index in [0.29, 0.717) is 11.0 Å². The van der Waals surface area contributed by atoms with E-state index in [1.807, 2.05) is 6.20 Å². The molecule has 0 aliphatic carbocycles. The third kappa shape index (κ3) is 1.80. The van der Waals surface area contributed by atoms with Gasteiger partial charge in [0.2, 0.25) is 0 Å². The Balaban J connectivity index is 2.52. The molecule has 0 N–H and O–H groups in total. The number of halogens is 2. The van der Waals surface area contributed by atoms with Gasteiger partial charge in [0, 0.05) is 18.6 Å². The zero-order chi connectivity index (χ0) is 9.26. The van der Waals surface area contributed by atoms with Gasteiger partial charge in [0.1, 0.15) is 0 Å². The highest BCUT2D eigenvalue weighted by Gasteiger charge is 2.05. The van der Waals surface area contributed by atoms with Crippen molar-refractivity contribution >= 4 is 34.2 Å². The highest BCUT2D eigenvalue weighted by molar-refractivity contribution is 14.1. The first kappa shape index (κ1) is 8.89. The van der Waals surface area contributed by atoms with Crippen molar-refractivity contribution in [2.45, 2.75) is 0 Å². The molecule has 13 heavy (non-hydrogen) atoms. The van der Waals surface area contributed by atoms with Crippen molar-refractivity contribution in [2.24, 2.45) is 0 Å². The SMILES string of the molecule is Clc1nccnc1-n1cc(I)cn1. The Morgan fingerprint density at radius 3 is 2.69 bits per heavy atom. The van der Waals surface area contributed by atoms with Gasteiger partial charge >= 0.3 is 0 Å². The lowest BCUT2D eigenvalue weighted by Gasteiger charge is -1.99. The summed E-state index contributed by atoms with van der Waals surface area (Å²) in [7, 11) is 0. The Labute approximate surface area is 93.1 Å². The van der Waals surface area contributed by atoms with Gasteiger partial charge in [-0.15, -0.1) is 0 Å². The van der Waals surface area contributed by atoms with Crippen LogP contribution < -0.4 is 0 Å². The molecule has 2 aromatic rings. The Hall–Kier alpha value is -0.690. The summed E-state index contributed by atoms with van der Waals surface area (Å²) in [5.41, 5.74) is 0. The van der Waals surface area contributed by atoms with E-state index in [-0.39, 0.29) is 0 Å². The molecule has 6 heteroatoms. The maximum absolute atomic E-state index is 5.83. The minimum absolute atomic E-state index is 0.349. The largest absolute Gasteiger partial charge is 0.239 e. The average molecular weight is 306 g/mol. The summed E-state index contributed by atoms with van der Waals surface area (Å²) in [6, 6.07) is 0. The molecular weight excluding hydrogens is 302 g/mol. The number of rotatable bonds is 1. The minimum Gasteiger partial charge on any atom is -0.239 e. The lowest BCUT2D eigenvalue weighted by Crippen LogP contribution is -1.99. The van der Waals surface area contributed by atoms with Crippen molar-refractivity contribution in [3.8, 4) is 5.82 Å². The summed E-state index contributed by atoms with van der Waals surface area (Å²) in [6.45, 7) is 0. The molecular formula is C7H4ClIN4. The molecule has 66 valence electrons. The molecule has 0 aliphatic heterocycles. The summed E-state index contributed by atoms with van der Waals surface area (Å²) in [4.78, 5) is 7.97. The zero-order valence-corrected chi connectivity index (χ0v) is 9.27. The predicted molar refractivity (Wildman–Crippen MR) is 56.9 cm³/mol. The normalized spacial score (nSPS) is 10.3. The first-order chi connectivity index (χ1) is 6.27. The number of hydrogen-bond donors (Lipinski definition) is 0. The summed E-state index contributed by atoms with van der Waals surface area (Å²) in [5, 5.41) is 4.42. The van der Waals surface area contributed by atoms with Crippen LogP contribution in [0.5, 0.6) is 0 Å². The smallest absolute Gasteiger partial charge is 0.191 e. The minimum atomic E-state index is 0.349. The second kappa shape index (κ2) is 3.59. The van der Waals surface area contributed by atoms with Gasteiger partial charge in [-0.3, -0.25) is 0 Å². The van der Waals surface area contributed by atoms with E-state index in [1.54, 1.807) is 23.3 Å². The first-order valence-electron chi connectivity index (χ1n) is 3.44. The van der Waals surface area contributed by atoms with E-state index in [0.717, 1.165) is 3.57 Å². The third-order valence-electron chi connectivity index (χ3n) is 1.40. The number of aromatic nitrogens is 4. The van der Waals surface area contributed by atoms with E-state index in [2.05, 4.69) is 37.7 Å². The predicted octanol–water partition coefficient (Wildman–Crippen LogP) is 1.92. The van der Waals surface area contributed by atoms with Gasteiger partial charge in [-0.2, -0.15) is 5.10 Å². The van der Waals surface area contributed by atoms with Crippen LogP contribution in [-0.2, 0) is 0 Å². The quantitative estimate of drug-likeness (QED) is 0.756. The monoisotopic (exact) mass is 306 g/mol. The van der Waals surface area contributed by atoms with Crippen LogP contribution in [0.15, 0.2) is 24.8 Å². The van der Waals surface area contributed by atoms with Crippen LogP contribution in [0.2, 0.25) is 5.15 Å². The number of nitrogens with zero attached hydrogens (tertiary/aromatic N) is 4. The fourth-order valence-corrected chi connectivity index (χ4v) is 1.46. The molecule has 2 heterocycles. The molecule has 0 amide bonds. The molecule has 2 aromatic heterocycles. The Morgan fingerprint density at radius 2 is 2.08 bits per heavy atom. The van der Waals surface area contributed by atoms with Crippen LogP contribution in [0, 0.1) is 3.57 Å². The molecule has 0 spiro atoms. The van der Waals surface area contributed by atoms with Crippen molar-refractivity contribution in [3.05, 3.63) is 33.5 Å². The Bertz CT molecular complexity index is 428. The first-order valence-corrected chi connectivity index (χ1v) is 4.90. The van der Waals surface area contributed by atoms with Gasteiger partial charge in [0.25, 0.3) is 0 Å². The average Bonchev–Trinajstić information content (AvgIpc) is 2.53. The Morgan fingerprint density at radius 1 is 1.31 bits per heavy atom. The van der Waals surface area contributed by atoms with Gasteiger partial charge in [-0.05, 0) is 22.6 Å². The fraction of sp³-hybridized carbons (Fsp3) is 0. The van der Waals surface area contributed by atoms with Crippen molar-refractivity contribution in [1.29, 1.82) is 0 Å². The van der Waals surface area contributed by atoms with Crippen molar-refractivity contribution in [1.82, 2.24) is 19.7 Å².